The highest BCUT2D eigenvalue weighted by Gasteiger charge is 2.15. The fourth-order valence-corrected chi connectivity index (χ4v) is 2.05. The molecule has 0 amide bonds. The van der Waals surface area contributed by atoms with E-state index in [9.17, 15) is 15.0 Å². The van der Waals surface area contributed by atoms with Crippen molar-refractivity contribution in [3.63, 3.8) is 0 Å². The molecule has 0 spiro atoms. The van der Waals surface area contributed by atoms with Gasteiger partial charge in [-0.25, -0.2) is 4.79 Å². The Balaban J connectivity index is 2.57. The minimum Gasteiger partial charge on any atom is -0.494 e. The lowest BCUT2D eigenvalue weighted by molar-refractivity contribution is -0.174. The molecule has 128 valence electrons. The molecule has 0 aliphatic carbocycles. The maximum absolute atomic E-state index is 12.0. The molecule has 0 aromatic carbocycles. The molecule has 0 unspecified atom stereocenters. The van der Waals surface area contributed by atoms with Gasteiger partial charge in [-0.15, -0.1) is 0 Å². The summed E-state index contributed by atoms with van der Waals surface area (Å²) in [6.07, 6.45) is 3.12. The van der Waals surface area contributed by atoms with Crippen LogP contribution in [0.3, 0.4) is 0 Å². The van der Waals surface area contributed by atoms with Gasteiger partial charge in [-0.2, -0.15) is 5.06 Å². The van der Waals surface area contributed by atoms with Crippen molar-refractivity contribution in [1.29, 1.82) is 0 Å². The summed E-state index contributed by atoms with van der Waals surface area (Å²) in [7, 11) is 0. The van der Waals surface area contributed by atoms with Gasteiger partial charge in [0.15, 0.2) is 11.8 Å². The number of hydrogen-bond acceptors (Lipinski definition) is 5. The van der Waals surface area contributed by atoms with Crippen LogP contribution in [0.15, 0.2) is 30.1 Å². The summed E-state index contributed by atoms with van der Waals surface area (Å²) in [6, 6.07) is 1.48. The van der Waals surface area contributed by atoms with Crippen molar-refractivity contribution in [2.45, 2.75) is 53.5 Å². The van der Waals surface area contributed by atoms with Crippen LogP contribution >= 0.6 is 0 Å². The van der Waals surface area contributed by atoms with E-state index in [1.165, 1.54) is 15.7 Å². The molecule has 0 fully saturated rings. The molecule has 1 heterocycles. The number of aryl methyl sites for hydroxylation is 1. The van der Waals surface area contributed by atoms with Gasteiger partial charge in [0.1, 0.15) is 0 Å². The first-order chi connectivity index (χ1) is 10.8. The van der Waals surface area contributed by atoms with Crippen LogP contribution in [0.2, 0.25) is 0 Å². The summed E-state index contributed by atoms with van der Waals surface area (Å²) in [6.45, 7) is 11.6. The van der Waals surface area contributed by atoms with E-state index in [1.54, 1.807) is 6.92 Å². The van der Waals surface area contributed by atoms with Gasteiger partial charge in [0.25, 0.3) is 0 Å². The number of rotatable bonds is 8. The first kappa shape index (κ1) is 18.7. The van der Waals surface area contributed by atoms with Crippen molar-refractivity contribution in [2.24, 2.45) is 0 Å². The van der Waals surface area contributed by atoms with E-state index in [0.29, 0.717) is 30.6 Å². The van der Waals surface area contributed by atoms with E-state index in [2.05, 4.69) is 6.58 Å². The molecule has 0 saturated heterocycles. The van der Waals surface area contributed by atoms with Crippen molar-refractivity contribution < 1.29 is 19.8 Å². The molecule has 6 nitrogen and oxygen atoms in total. The minimum absolute atomic E-state index is 0.0147. The Morgan fingerprint density at radius 1 is 1.48 bits per heavy atom. The molecule has 0 aliphatic rings. The number of hydroxylamine groups is 2. The monoisotopic (exact) mass is 322 g/mol. The molecular weight excluding hydrogens is 296 g/mol. The molecular formula is C17H26N2O4. The standard InChI is InChI=1S/C17H26N2O4/c1-6-13(4)19(14(5)7-2)23-16(21)9-8-10-18-15(20)11-12(3)17(18)22/h7,11,20,22H,4,6,8-10H2,1-3,5H3. The lowest BCUT2D eigenvalue weighted by Crippen LogP contribution is -2.24. The van der Waals surface area contributed by atoms with E-state index in [4.69, 9.17) is 4.84 Å². The average molecular weight is 322 g/mol. The van der Waals surface area contributed by atoms with Gasteiger partial charge in [-0.05, 0) is 33.6 Å². The molecule has 0 bridgehead atoms. The third-order valence-corrected chi connectivity index (χ3v) is 3.62. The van der Waals surface area contributed by atoms with Crippen molar-refractivity contribution >= 4 is 5.97 Å². The largest absolute Gasteiger partial charge is 0.494 e. The van der Waals surface area contributed by atoms with Gasteiger partial charge in [0.05, 0.1) is 11.4 Å². The number of aromatic hydroxyl groups is 2. The summed E-state index contributed by atoms with van der Waals surface area (Å²) >= 11 is 0. The number of carbonyl (C=O) groups excluding carboxylic acids is 1. The molecule has 0 atom stereocenters. The fraction of sp³-hybridized carbons (Fsp3) is 0.471. The van der Waals surface area contributed by atoms with Crippen molar-refractivity contribution in [1.82, 2.24) is 9.63 Å². The zero-order chi connectivity index (χ0) is 17.6. The number of hydrogen-bond donors (Lipinski definition) is 2. The van der Waals surface area contributed by atoms with E-state index in [0.717, 1.165) is 5.70 Å². The first-order valence-electron chi connectivity index (χ1n) is 7.71. The number of aromatic nitrogens is 1. The fourth-order valence-electron chi connectivity index (χ4n) is 2.05. The van der Waals surface area contributed by atoms with Crippen LogP contribution in [0.4, 0.5) is 0 Å². The minimum atomic E-state index is -0.386. The molecule has 1 rings (SSSR count). The topological polar surface area (TPSA) is 74.9 Å². The average Bonchev–Trinajstić information content (AvgIpc) is 2.77. The molecule has 2 N–H and O–H groups in total. The highest BCUT2D eigenvalue weighted by atomic mass is 16.7. The molecule has 0 saturated carbocycles. The van der Waals surface area contributed by atoms with Crippen LogP contribution in [-0.2, 0) is 16.2 Å². The second kappa shape index (κ2) is 8.31. The summed E-state index contributed by atoms with van der Waals surface area (Å²) in [5.74, 6) is -0.385. The van der Waals surface area contributed by atoms with Gasteiger partial charge in [-0.1, -0.05) is 19.6 Å². The highest BCUT2D eigenvalue weighted by molar-refractivity contribution is 5.69. The summed E-state index contributed by atoms with van der Waals surface area (Å²) in [4.78, 5) is 17.3. The smallest absolute Gasteiger partial charge is 0.332 e. The van der Waals surface area contributed by atoms with Gasteiger partial charge in [0.2, 0.25) is 0 Å². The maximum atomic E-state index is 12.0. The predicted molar refractivity (Wildman–Crippen MR) is 88.5 cm³/mol. The normalized spacial score (nSPS) is 11.4. The third-order valence-electron chi connectivity index (χ3n) is 3.62. The Bertz CT molecular complexity index is 602. The number of carbonyl (C=O) groups is 1. The highest BCUT2D eigenvalue weighted by Crippen LogP contribution is 2.27. The van der Waals surface area contributed by atoms with E-state index >= 15 is 0 Å². The van der Waals surface area contributed by atoms with Crippen molar-refractivity contribution in [3.05, 3.63) is 35.7 Å². The van der Waals surface area contributed by atoms with Crippen LogP contribution in [0.25, 0.3) is 0 Å². The first-order valence-corrected chi connectivity index (χ1v) is 7.71. The Morgan fingerprint density at radius 2 is 2.13 bits per heavy atom. The van der Waals surface area contributed by atoms with Gasteiger partial charge >= 0.3 is 5.97 Å². The lowest BCUT2D eigenvalue weighted by Gasteiger charge is -2.24. The van der Waals surface area contributed by atoms with Gasteiger partial charge < -0.3 is 15.1 Å². The lowest BCUT2D eigenvalue weighted by atomic mass is 10.3. The second-order valence-electron chi connectivity index (χ2n) is 5.37. The van der Waals surface area contributed by atoms with Crippen LogP contribution < -0.4 is 0 Å². The van der Waals surface area contributed by atoms with Crippen LogP contribution in [0.1, 0.15) is 45.6 Å². The zero-order valence-corrected chi connectivity index (χ0v) is 14.3. The Morgan fingerprint density at radius 3 is 2.61 bits per heavy atom. The van der Waals surface area contributed by atoms with Crippen molar-refractivity contribution in [3.8, 4) is 11.8 Å². The SMILES string of the molecule is C=C(CC)N(OC(=O)CCCn1c(O)cc(C)c1O)C(C)=CC. The van der Waals surface area contributed by atoms with Gasteiger partial charge in [0, 0.05) is 24.6 Å². The van der Waals surface area contributed by atoms with E-state index < -0.39 is 0 Å². The zero-order valence-electron chi connectivity index (χ0n) is 14.3. The Hall–Kier alpha value is -2.37. The van der Waals surface area contributed by atoms with Crippen LogP contribution in [-0.4, -0.2) is 25.8 Å². The Labute approximate surface area is 137 Å². The van der Waals surface area contributed by atoms with Crippen molar-refractivity contribution in [2.75, 3.05) is 0 Å². The predicted octanol–water partition coefficient (Wildman–Crippen LogP) is 3.60. The Kier molecular flexibility index (Phi) is 6.75. The third kappa shape index (κ3) is 4.81. The molecule has 0 aliphatic heterocycles. The van der Waals surface area contributed by atoms with Gasteiger partial charge in [-0.3, -0.25) is 4.57 Å². The second-order valence-corrected chi connectivity index (χ2v) is 5.37. The van der Waals surface area contributed by atoms with E-state index in [1.807, 2.05) is 26.8 Å². The summed E-state index contributed by atoms with van der Waals surface area (Å²) in [5.41, 5.74) is 2.09. The molecule has 1 aromatic heterocycles. The molecule has 1 aromatic rings. The van der Waals surface area contributed by atoms with E-state index in [-0.39, 0.29) is 24.2 Å². The molecule has 23 heavy (non-hydrogen) atoms. The molecule has 0 radical (unpaired) electrons. The summed E-state index contributed by atoms with van der Waals surface area (Å²) < 4.78 is 1.36. The summed E-state index contributed by atoms with van der Waals surface area (Å²) in [5, 5.41) is 20.9. The number of allylic oxidation sites excluding steroid dienone is 3. The quantitative estimate of drug-likeness (QED) is 0.715. The van der Waals surface area contributed by atoms with Crippen LogP contribution in [0, 0.1) is 6.92 Å². The number of nitrogens with zero attached hydrogens (tertiary/aromatic N) is 2. The molecule has 6 heteroatoms. The van der Waals surface area contributed by atoms with Crippen LogP contribution in [0.5, 0.6) is 11.8 Å². The maximum Gasteiger partial charge on any atom is 0.332 e.